The molecule has 0 spiro atoms. The third-order valence-corrected chi connectivity index (χ3v) is 2.57. The fraction of sp³-hybridized carbons (Fsp3) is 0.250. The second-order valence-electron chi connectivity index (χ2n) is 3.36. The minimum absolute atomic E-state index is 0.482. The van der Waals surface area contributed by atoms with Crippen molar-refractivity contribution in [1.82, 2.24) is 0 Å². The summed E-state index contributed by atoms with van der Waals surface area (Å²) in [5.74, 6) is -0.242. The molecule has 0 bridgehead atoms. The zero-order chi connectivity index (χ0) is 12.1. The predicted molar refractivity (Wildman–Crippen MR) is 63.2 cm³/mol. The summed E-state index contributed by atoms with van der Waals surface area (Å²) in [6, 6.07) is 3.63. The van der Waals surface area contributed by atoms with Gasteiger partial charge in [-0.2, -0.15) is 0 Å². The monoisotopic (exact) mass is 240 g/mol. The van der Waals surface area contributed by atoms with Crippen LogP contribution in [0, 0.1) is 6.92 Å². The molecule has 0 unspecified atom stereocenters. The highest BCUT2D eigenvalue weighted by Crippen LogP contribution is 2.27. The molecule has 0 saturated heterocycles. The molecule has 0 aliphatic heterocycles. The number of allylic oxidation sites excluding steroid dienone is 1. The Hall–Kier alpha value is -1.48. The van der Waals surface area contributed by atoms with E-state index in [1.54, 1.807) is 19.3 Å². The number of carboxylic acid groups (broad SMARTS) is 1. The van der Waals surface area contributed by atoms with E-state index in [-0.39, 0.29) is 0 Å². The maximum absolute atomic E-state index is 10.3. The van der Waals surface area contributed by atoms with Gasteiger partial charge < -0.3 is 9.84 Å². The van der Waals surface area contributed by atoms with Crippen LogP contribution in [0.3, 0.4) is 0 Å². The van der Waals surface area contributed by atoms with Crippen LogP contribution in [0.4, 0.5) is 0 Å². The van der Waals surface area contributed by atoms with Gasteiger partial charge in [0, 0.05) is 11.1 Å². The SMILES string of the molecule is COc1cc(C)c(Cl)cc1C/C=C/C(=O)O. The molecule has 86 valence electrons. The first-order valence-corrected chi connectivity index (χ1v) is 5.15. The maximum Gasteiger partial charge on any atom is 0.327 e. The zero-order valence-electron chi connectivity index (χ0n) is 9.16. The van der Waals surface area contributed by atoms with E-state index in [1.165, 1.54) is 0 Å². The summed E-state index contributed by atoms with van der Waals surface area (Å²) in [4.78, 5) is 10.3. The van der Waals surface area contributed by atoms with Crippen LogP contribution >= 0.6 is 11.6 Å². The van der Waals surface area contributed by atoms with E-state index in [0.717, 1.165) is 23.0 Å². The zero-order valence-corrected chi connectivity index (χ0v) is 9.91. The molecule has 0 aliphatic carbocycles. The first-order valence-electron chi connectivity index (χ1n) is 4.77. The third kappa shape index (κ3) is 3.28. The van der Waals surface area contributed by atoms with E-state index in [4.69, 9.17) is 21.4 Å². The van der Waals surface area contributed by atoms with Gasteiger partial charge in [-0.05, 0) is 36.6 Å². The molecule has 1 N–H and O–H groups in total. The van der Waals surface area contributed by atoms with Gasteiger partial charge in [-0.3, -0.25) is 0 Å². The fourth-order valence-corrected chi connectivity index (χ4v) is 1.52. The molecular formula is C12H13ClO3. The van der Waals surface area contributed by atoms with Gasteiger partial charge in [0.15, 0.2) is 0 Å². The van der Waals surface area contributed by atoms with Crippen molar-refractivity contribution in [3.63, 3.8) is 0 Å². The van der Waals surface area contributed by atoms with Crippen molar-refractivity contribution >= 4 is 17.6 Å². The van der Waals surface area contributed by atoms with Gasteiger partial charge >= 0.3 is 5.97 Å². The van der Waals surface area contributed by atoms with E-state index >= 15 is 0 Å². The molecule has 0 aromatic heterocycles. The summed E-state index contributed by atoms with van der Waals surface area (Å²) in [7, 11) is 1.58. The Bertz CT molecular complexity index is 425. The lowest BCUT2D eigenvalue weighted by molar-refractivity contribution is -0.131. The quantitative estimate of drug-likeness (QED) is 0.824. The fourth-order valence-electron chi connectivity index (χ4n) is 1.33. The summed E-state index contributed by atoms with van der Waals surface area (Å²) in [5.41, 5.74) is 1.81. The van der Waals surface area contributed by atoms with Gasteiger partial charge in [-0.1, -0.05) is 17.7 Å². The standard InChI is InChI=1S/C12H13ClO3/c1-8-6-11(16-2)9(7-10(8)13)4-3-5-12(14)15/h3,5-7H,4H2,1-2H3,(H,14,15)/b5-3+. The molecule has 0 radical (unpaired) electrons. The van der Waals surface area contributed by atoms with Crippen LogP contribution in [-0.2, 0) is 11.2 Å². The number of aryl methyl sites for hydroxylation is 1. The summed E-state index contributed by atoms with van der Waals surface area (Å²) in [5, 5.41) is 9.12. The molecule has 0 heterocycles. The number of aliphatic carboxylic acids is 1. The molecule has 3 nitrogen and oxygen atoms in total. The predicted octanol–water partition coefficient (Wildman–Crippen LogP) is 2.84. The molecule has 0 fully saturated rings. The van der Waals surface area contributed by atoms with Crippen LogP contribution in [0.5, 0.6) is 5.75 Å². The highest BCUT2D eigenvalue weighted by molar-refractivity contribution is 6.31. The van der Waals surface area contributed by atoms with Gasteiger partial charge in [0.1, 0.15) is 5.75 Å². The van der Waals surface area contributed by atoms with E-state index < -0.39 is 5.97 Å². The Morgan fingerprint density at radius 2 is 2.25 bits per heavy atom. The molecular weight excluding hydrogens is 228 g/mol. The number of ether oxygens (including phenoxy) is 1. The molecule has 4 heteroatoms. The summed E-state index contributed by atoms with van der Waals surface area (Å²) < 4.78 is 5.20. The second kappa shape index (κ2) is 5.56. The van der Waals surface area contributed by atoms with Crippen molar-refractivity contribution in [2.45, 2.75) is 13.3 Å². The van der Waals surface area contributed by atoms with Gasteiger partial charge in [0.2, 0.25) is 0 Å². The number of benzene rings is 1. The van der Waals surface area contributed by atoms with Crippen LogP contribution in [0.25, 0.3) is 0 Å². The normalized spacial score (nSPS) is 10.7. The average Bonchev–Trinajstić information content (AvgIpc) is 2.22. The Morgan fingerprint density at radius 3 is 2.81 bits per heavy atom. The van der Waals surface area contributed by atoms with E-state index in [2.05, 4.69) is 0 Å². The number of halogens is 1. The van der Waals surface area contributed by atoms with Gasteiger partial charge in [-0.25, -0.2) is 4.79 Å². The molecule has 1 aromatic carbocycles. The van der Waals surface area contributed by atoms with Crippen LogP contribution in [0.1, 0.15) is 11.1 Å². The molecule has 1 aromatic rings. The second-order valence-corrected chi connectivity index (χ2v) is 3.77. The van der Waals surface area contributed by atoms with Gasteiger partial charge in [-0.15, -0.1) is 0 Å². The number of carbonyl (C=O) groups is 1. The van der Waals surface area contributed by atoms with Gasteiger partial charge in [0.05, 0.1) is 7.11 Å². The van der Waals surface area contributed by atoms with Crippen LogP contribution in [0.15, 0.2) is 24.3 Å². The average molecular weight is 241 g/mol. The Morgan fingerprint density at radius 1 is 1.56 bits per heavy atom. The van der Waals surface area contributed by atoms with Crippen molar-refractivity contribution in [2.24, 2.45) is 0 Å². The van der Waals surface area contributed by atoms with E-state index in [1.807, 2.05) is 13.0 Å². The van der Waals surface area contributed by atoms with E-state index in [9.17, 15) is 4.79 Å². The molecule has 16 heavy (non-hydrogen) atoms. The number of hydrogen-bond donors (Lipinski definition) is 1. The smallest absolute Gasteiger partial charge is 0.327 e. The molecule has 0 saturated carbocycles. The Balaban J connectivity index is 2.94. The van der Waals surface area contributed by atoms with Gasteiger partial charge in [0.25, 0.3) is 0 Å². The Labute approximate surface area is 99.3 Å². The highest BCUT2D eigenvalue weighted by atomic mass is 35.5. The Kier molecular flexibility index (Phi) is 4.38. The first-order chi connectivity index (χ1) is 7.54. The van der Waals surface area contributed by atoms with Crippen molar-refractivity contribution < 1.29 is 14.6 Å². The van der Waals surface area contributed by atoms with E-state index in [0.29, 0.717) is 11.4 Å². The van der Waals surface area contributed by atoms with Crippen molar-refractivity contribution in [1.29, 1.82) is 0 Å². The molecule has 0 amide bonds. The number of rotatable bonds is 4. The lowest BCUT2D eigenvalue weighted by Crippen LogP contribution is -1.93. The molecule has 0 atom stereocenters. The van der Waals surface area contributed by atoms with Crippen LogP contribution < -0.4 is 4.74 Å². The van der Waals surface area contributed by atoms with Crippen molar-refractivity contribution in [3.8, 4) is 5.75 Å². The lowest BCUT2D eigenvalue weighted by Gasteiger charge is -2.09. The minimum Gasteiger partial charge on any atom is -0.496 e. The highest BCUT2D eigenvalue weighted by Gasteiger charge is 2.05. The van der Waals surface area contributed by atoms with Crippen molar-refractivity contribution in [2.75, 3.05) is 7.11 Å². The summed E-state index contributed by atoms with van der Waals surface area (Å²) in [6.07, 6.45) is 3.15. The van der Waals surface area contributed by atoms with Crippen molar-refractivity contribution in [3.05, 3.63) is 40.4 Å². The largest absolute Gasteiger partial charge is 0.496 e. The minimum atomic E-state index is -0.961. The third-order valence-electron chi connectivity index (χ3n) is 2.16. The first kappa shape index (κ1) is 12.6. The lowest BCUT2D eigenvalue weighted by atomic mass is 10.1. The number of carboxylic acids is 1. The topological polar surface area (TPSA) is 46.5 Å². The molecule has 0 aliphatic rings. The number of hydrogen-bond acceptors (Lipinski definition) is 2. The summed E-state index contributed by atoms with van der Waals surface area (Å²) in [6.45, 7) is 1.89. The number of methoxy groups -OCH3 is 1. The molecule has 1 rings (SSSR count). The van der Waals surface area contributed by atoms with Crippen LogP contribution in [-0.4, -0.2) is 18.2 Å². The maximum atomic E-state index is 10.3. The summed E-state index contributed by atoms with van der Waals surface area (Å²) >= 11 is 5.99. The van der Waals surface area contributed by atoms with Crippen LogP contribution in [0.2, 0.25) is 5.02 Å².